The number of fused-ring (bicyclic) bond motifs is 2. The molecule has 0 amide bonds. The van der Waals surface area contributed by atoms with Crippen molar-refractivity contribution in [3.8, 4) is 0 Å². The number of hydrogen-bond donors (Lipinski definition) is 0. The molecule has 1 aromatic carbocycles. The number of benzene rings is 1. The Balaban J connectivity index is 1.70. The van der Waals surface area contributed by atoms with Gasteiger partial charge in [-0.25, -0.2) is 4.79 Å². The van der Waals surface area contributed by atoms with Crippen LogP contribution in [0.1, 0.15) is 28.9 Å². The molecule has 1 aliphatic rings. The predicted octanol–water partition coefficient (Wildman–Crippen LogP) is 3.66. The maximum absolute atomic E-state index is 12.0. The molecule has 0 atom stereocenters. The first kappa shape index (κ1) is 16.1. The van der Waals surface area contributed by atoms with Crippen molar-refractivity contribution in [2.75, 3.05) is 0 Å². The second-order valence-corrected chi connectivity index (χ2v) is 7.22. The summed E-state index contributed by atoms with van der Waals surface area (Å²) in [6, 6.07) is 5.82. The van der Waals surface area contributed by atoms with Crippen molar-refractivity contribution in [2.24, 2.45) is 0 Å². The maximum atomic E-state index is 12.0. The average molecular weight is 353 g/mol. The molecular weight excluding hydrogens is 334 g/mol. The molecule has 2 heterocycles. The van der Waals surface area contributed by atoms with E-state index in [2.05, 4.69) is 22.8 Å². The smallest absolute Gasteiger partial charge is 0.336 e. The van der Waals surface area contributed by atoms with Crippen LogP contribution in [0.4, 0.5) is 0 Å². The monoisotopic (exact) mass is 353 g/mol. The van der Waals surface area contributed by atoms with E-state index in [9.17, 15) is 4.79 Å². The van der Waals surface area contributed by atoms with Gasteiger partial charge in [0.2, 0.25) is 0 Å². The van der Waals surface area contributed by atoms with Crippen molar-refractivity contribution < 1.29 is 4.42 Å². The lowest BCUT2D eigenvalue weighted by atomic mass is 10.0. The number of hydrogen-bond acceptors (Lipinski definition) is 5. The van der Waals surface area contributed by atoms with Crippen LogP contribution in [0.25, 0.3) is 11.0 Å². The Labute approximate surface area is 149 Å². The molecule has 0 fully saturated rings. The molecule has 5 nitrogen and oxygen atoms in total. The summed E-state index contributed by atoms with van der Waals surface area (Å²) >= 11 is 1.58. The van der Waals surface area contributed by atoms with Crippen LogP contribution in [0, 0.1) is 6.92 Å². The lowest BCUT2D eigenvalue weighted by Gasteiger charge is -2.08. The summed E-state index contributed by atoms with van der Waals surface area (Å²) in [5, 5.41) is 10.2. The lowest BCUT2D eigenvalue weighted by molar-refractivity contribution is 0.559. The Morgan fingerprint density at radius 2 is 2.08 bits per heavy atom. The Kier molecular flexibility index (Phi) is 4.21. The number of allylic oxidation sites excluding steroid dienone is 1. The van der Waals surface area contributed by atoms with E-state index in [1.807, 2.05) is 23.6 Å². The van der Waals surface area contributed by atoms with Crippen molar-refractivity contribution >= 4 is 22.7 Å². The summed E-state index contributed by atoms with van der Waals surface area (Å²) in [4.78, 5) is 12.0. The largest absolute Gasteiger partial charge is 0.423 e. The standard InChI is InChI=1S/C19H19N3O2S/c1-3-7-22-12(2)20-21-19(22)25-11-15-10-18(23)24-17-9-14-6-4-5-13(14)8-16(15)17/h3,8-10H,1,4-7,11H2,2H3. The molecule has 6 heteroatoms. The molecule has 0 N–H and O–H groups in total. The number of nitrogens with zero attached hydrogens (tertiary/aromatic N) is 3. The van der Waals surface area contributed by atoms with Crippen LogP contribution in [0.5, 0.6) is 0 Å². The van der Waals surface area contributed by atoms with Crippen LogP contribution in [-0.2, 0) is 25.1 Å². The van der Waals surface area contributed by atoms with E-state index in [1.165, 1.54) is 17.5 Å². The number of thioether (sulfide) groups is 1. The van der Waals surface area contributed by atoms with Crippen molar-refractivity contribution in [3.05, 3.63) is 63.8 Å². The van der Waals surface area contributed by atoms with E-state index < -0.39 is 0 Å². The van der Waals surface area contributed by atoms with Gasteiger partial charge in [0.15, 0.2) is 5.16 Å². The molecule has 25 heavy (non-hydrogen) atoms. The van der Waals surface area contributed by atoms with Gasteiger partial charge in [0, 0.05) is 23.8 Å². The molecule has 1 aliphatic carbocycles. The number of aryl methyl sites for hydroxylation is 3. The molecule has 0 saturated heterocycles. The first-order valence-corrected chi connectivity index (χ1v) is 9.36. The molecule has 4 rings (SSSR count). The number of aromatic nitrogens is 3. The Hall–Kier alpha value is -2.34. The van der Waals surface area contributed by atoms with Crippen molar-refractivity contribution in [2.45, 2.75) is 43.6 Å². The van der Waals surface area contributed by atoms with E-state index in [-0.39, 0.29) is 5.63 Å². The Morgan fingerprint density at radius 1 is 1.28 bits per heavy atom. The summed E-state index contributed by atoms with van der Waals surface area (Å²) in [7, 11) is 0. The molecule has 0 radical (unpaired) electrons. The zero-order valence-corrected chi connectivity index (χ0v) is 14.9. The molecule has 128 valence electrons. The molecule has 0 unspecified atom stereocenters. The van der Waals surface area contributed by atoms with Gasteiger partial charge in [0.1, 0.15) is 11.4 Å². The Bertz CT molecular complexity index is 1020. The van der Waals surface area contributed by atoms with Gasteiger partial charge < -0.3 is 8.98 Å². The SMILES string of the molecule is C=CCn1c(C)nnc1SCc1cc(=O)oc2cc3c(cc12)CCC3. The minimum absolute atomic E-state index is 0.301. The quantitative estimate of drug-likeness (QED) is 0.398. The molecule has 2 aromatic heterocycles. The van der Waals surface area contributed by atoms with E-state index in [0.29, 0.717) is 17.9 Å². The zero-order valence-electron chi connectivity index (χ0n) is 14.1. The molecular formula is C19H19N3O2S. The fourth-order valence-corrected chi connectivity index (χ4v) is 4.35. The van der Waals surface area contributed by atoms with Crippen LogP contribution < -0.4 is 5.63 Å². The van der Waals surface area contributed by atoms with Gasteiger partial charge in [-0.05, 0) is 55.0 Å². The highest BCUT2D eigenvalue weighted by molar-refractivity contribution is 7.98. The van der Waals surface area contributed by atoms with Crippen LogP contribution in [0.15, 0.2) is 45.2 Å². The van der Waals surface area contributed by atoms with Crippen molar-refractivity contribution in [3.63, 3.8) is 0 Å². The molecule has 0 saturated carbocycles. The highest BCUT2D eigenvalue weighted by Crippen LogP contribution is 2.31. The molecule has 0 bridgehead atoms. The third kappa shape index (κ3) is 3.02. The molecule has 0 spiro atoms. The topological polar surface area (TPSA) is 60.9 Å². The van der Waals surface area contributed by atoms with Crippen molar-refractivity contribution in [1.82, 2.24) is 14.8 Å². The van der Waals surface area contributed by atoms with Gasteiger partial charge in [-0.15, -0.1) is 16.8 Å². The fraction of sp³-hybridized carbons (Fsp3) is 0.316. The van der Waals surface area contributed by atoms with Crippen molar-refractivity contribution in [1.29, 1.82) is 0 Å². The van der Waals surface area contributed by atoms with Gasteiger partial charge in [0.25, 0.3) is 0 Å². The lowest BCUT2D eigenvalue weighted by Crippen LogP contribution is -2.02. The van der Waals surface area contributed by atoms with E-state index >= 15 is 0 Å². The minimum atomic E-state index is -0.301. The molecule has 0 aliphatic heterocycles. The predicted molar refractivity (Wildman–Crippen MR) is 99.0 cm³/mol. The van der Waals surface area contributed by atoms with Crippen LogP contribution >= 0.6 is 11.8 Å². The van der Waals surface area contributed by atoms with Gasteiger partial charge in [-0.2, -0.15) is 0 Å². The normalized spacial score (nSPS) is 13.3. The van der Waals surface area contributed by atoms with Gasteiger partial charge in [-0.3, -0.25) is 0 Å². The second-order valence-electron chi connectivity index (χ2n) is 6.28. The summed E-state index contributed by atoms with van der Waals surface area (Å²) in [5.74, 6) is 1.51. The van der Waals surface area contributed by atoms with E-state index in [0.717, 1.165) is 34.8 Å². The zero-order chi connectivity index (χ0) is 17.4. The van der Waals surface area contributed by atoms with E-state index in [4.69, 9.17) is 4.42 Å². The first-order valence-electron chi connectivity index (χ1n) is 8.38. The van der Waals surface area contributed by atoms with Crippen LogP contribution in [0.3, 0.4) is 0 Å². The van der Waals surface area contributed by atoms with Crippen LogP contribution in [-0.4, -0.2) is 14.8 Å². The van der Waals surface area contributed by atoms with Gasteiger partial charge >= 0.3 is 5.63 Å². The van der Waals surface area contributed by atoms with Gasteiger partial charge in [0.05, 0.1) is 0 Å². The number of rotatable bonds is 5. The third-order valence-corrected chi connectivity index (χ3v) is 5.63. The summed E-state index contributed by atoms with van der Waals surface area (Å²) in [5.41, 5.74) is 4.05. The fourth-order valence-electron chi connectivity index (χ4n) is 3.36. The maximum Gasteiger partial charge on any atom is 0.336 e. The Morgan fingerprint density at radius 3 is 2.88 bits per heavy atom. The summed E-state index contributed by atoms with van der Waals surface area (Å²) in [6.45, 7) is 6.38. The minimum Gasteiger partial charge on any atom is -0.423 e. The second kappa shape index (κ2) is 6.52. The highest BCUT2D eigenvalue weighted by Gasteiger charge is 2.16. The first-order chi connectivity index (χ1) is 12.2. The van der Waals surface area contributed by atoms with Crippen LogP contribution in [0.2, 0.25) is 0 Å². The summed E-state index contributed by atoms with van der Waals surface area (Å²) < 4.78 is 7.45. The molecule has 3 aromatic rings. The summed E-state index contributed by atoms with van der Waals surface area (Å²) in [6.07, 6.45) is 5.17. The van der Waals surface area contributed by atoms with Gasteiger partial charge in [-0.1, -0.05) is 17.8 Å². The third-order valence-electron chi connectivity index (χ3n) is 4.61. The highest BCUT2D eigenvalue weighted by atomic mass is 32.2. The van der Waals surface area contributed by atoms with E-state index in [1.54, 1.807) is 17.8 Å². The average Bonchev–Trinajstić information content (AvgIpc) is 3.18.